The zero-order valence-electron chi connectivity index (χ0n) is 17.5. The molecule has 0 unspecified atom stereocenters. The number of nitrogens with zero attached hydrogens (tertiary/aromatic N) is 4. The van der Waals surface area contributed by atoms with E-state index in [0.29, 0.717) is 34.3 Å². The summed E-state index contributed by atoms with van der Waals surface area (Å²) in [4.78, 5) is 25.3. The number of likely N-dealkylation sites (tertiary alicyclic amines) is 1. The predicted molar refractivity (Wildman–Crippen MR) is 120 cm³/mol. The van der Waals surface area contributed by atoms with Crippen LogP contribution in [0.5, 0.6) is 5.75 Å². The Bertz CT molecular complexity index is 1200. The van der Waals surface area contributed by atoms with Gasteiger partial charge in [-0.2, -0.15) is 0 Å². The van der Waals surface area contributed by atoms with E-state index in [9.17, 15) is 4.79 Å². The number of carbonyl (C=O) groups is 1. The summed E-state index contributed by atoms with van der Waals surface area (Å²) in [5, 5.41) is 4.80. The highest BCUT2D eigenvalue weighted by atomic mass is 35.5. The Kier molecular flexibility index (Phi) is 4.64. The molecule has 0 atom stereocenters. The molecule has 1 aromatic heterocycles. The van der Waals surface area contributed by atoms with Gasteiger partial charge in [-0.25, -0.2) is 14.8 Å². The molecule has 2 aliphatic rings. The monoisotopic (exact) mass is 439 g/mol. The molecular weight excluding hydrogens is 418 g/mol. The van der Waals surface area contributed by atoms with Crippen molar-refractivity contribution in [3.05, 3.63) is 47.2 Å². The molecule has 1 amide bonds. The molecule has 0 bridgehead atoms. The Labute approximate surface area is 184 Å². The number of amides is 1. The number of aryl methyl sites for hydroxylation is 1. The highest BCUT2D eigenvalue weighted by molar-refractivity contribution is 6.30. The van der Waals surface area contributed by atoms with Gasteiger partial charge in [-0.3, -0.25) is 9.80 Å². The molecule has 0 radical (unpaired) electrons. The maximum absolute atomic E-state index is 12.7. The fourth-order valence-corrected chi connectivity index (χ4v) is 4.58. The van der Waals surface area contributed by atoms with Gasteiger partial charge < -0.3 is 14.8 Å². The molecular formula is C22H22ClN5O3. The van der Waals surface area contributed by atoms with E-state index in [4.69, 9.17) is 21.1 Å². The minimum absolute atomic E-state index is 0.370. The number of halogens is 1. The molecule has 8 nitrogen and oxygen atoms in total. The summed E-state index contributed by atoms with van der Waals surface area (Å²) >= 11 is 6.08. The summed E-state index contributed by atoms with van der Waals surface area (Å²) < 4.78 is 11.3. The van der Waals surface area contributed by atoms with Gasteiger partial charge in [0.2, 0.25) is 0 Å². The lowest BCUT2D eigenvalue weighted by Crippen LogP contribution is -2.62. The number of nitrogens with one attached hydrogen (secondary N) is 1. The van der Waals surface area contributed by atoms with E-state index >= 15 is 0 Å². The molecule has 31 heavy (non-hydrogen) atoms. The van der Waals surface area contributed by atoms with Gasteiger partial charge in [0.25, 0.3) is 0 Å². The van der Waals surface area contributed by atoms with Gasteiger partial charge in [-0.15, -0.1) is 0 Å². The number of hydrogen-bond donors (Lipinski definition) is 1. The van der Waals surface area contributed by atoms with Gasteiger partial charge >= 0.3 is 6.09 Å². The first-order chi connectivity index (χ1) is 14.9. The normalized spacial score (nSPS) is 17.7. The fourth-order valence-electron chi connectivity index (χ4n) is 4.35. The third-order valence-corrected chi connectivity index (χ3v) is 5.99. The lowest BCUT2D eigenvalue weighted by molar-refractivity contribution is -0.0599. The third-order valence-electron chi connectivity index (χ3n) is 5.75. The minimum Gasteiger partial charge on any atom is -0.494 e. The molecule has 5 rings (SSSR count). The molecule has 0 saturated carbocycles. The minimum atomic E-state index is -0.458. The lowest BCUT2D eigenvalue weighted by Gasteiger charge is -2.43. The number of benzene rings is 2. The first-order valence-corrected chi connectivity index (χ1v) is 10.3. The SMILES string of the molecule is COc1cc2ncnc(Nc3ccc(Cl)cc3C)c2cc1N1CC2(CN(C)C2)OC1=O. The Hall–Kier alpha value is -3.10. The van der Waals surface area contributed by atoms with Crippen molar-refractivity contribution in [1.82, 2.24) is 14.9 Å². The van der Waals surface area contributed by atoms with Gasteiger partial charge in [0.05, 0.1) is 24.9 Å². The van der Waals surface area contributed by atoms with E-state index < -0.39 is 5.60 Å². The number of aromatic nitrogens is 2. The van der Waals surface area contributed by atoms with Crippen molar-refractivity contribution in [3.8, 4) is 5.75 Å². The Balaban J connectivity index is 1.56. The fraction of sp³-hybridized carbons (Fsp3) is 0.318. The Morgan fingerprint density at radius 1 is 1.19 bits per heavy atom. The molecule has 9 heteroatoms. The molecule has 2 aliphatic heterocycles. The molecule has 2 fully saturated rings. The topological polar surface area (TPSA) is 79.8 Å². The Morgan fingerprint density at radius 2 is 2.00 bits per heavy atom. The smallest absolute Gasteiger partial charge is 0.415 e. The van der Waals surface area contributed by atoms with E-state index in [1.54, 1.807) is 12.0 Å². The van der Waals surface area contributed by atoms with Crippen LogP contribution in [-0.4, -0.2) is 60.4 Å². The highest BCUT2D eigenvalue weighted by Crippen LogP contribution is 2.41. The number of hydrogen-bond acceptors (Lipinski definition) is 7. The van der Waals surface area contributed by atoms with E-state index in [1.807, 2.05) is 44.3 Å². The predicted octanol–water partition coefficient (Wildman–Crippen LogP) is 3.98. The number of anilines is 3. The van der Waals surface area contributed by atoms with Crippen LogP contribution in [0.2, 0.25) is 5.02 Å². The van der Waals surface area contributed by atoms with Crippen molar-refractivity contribution in [3.63, 3.8) is 0 Å². The largest absolute Gasteiger partial charge is 0.494 e. The summed E-state index contributed by atoms with van der Waals surface area (Å²) in [5.41, 5.74) is 2.76. The van der Waals surface area contributed by atoms with Crippen LogP contribution in [0, 0.1) is 6.92 Å². The number of likely N-dealkylation sites (N-methyl/N-ethyl adjacent to an activating group) is 1. The maximum Gasteiger partial charge on any atom is 0.415 e. The number of fused-ring (bicyclic) bond motifs is 1. The van der Waals surface area contributed by atoms with Crippen molar-refractivity contribution in [2.24, 2.45) is 0 Å². The van der Waals surface area contributed by atoms with Crippen LogP contribution < -0.4 is 15.0 Å². The molecule has 160 valence electrons. The van der Waals surface area contributed by atoms with Crippen LogP contribution >= 0.6 is 11.6 Å². The van der Waals surface area contributed by atoms with Crippen LogP contribution in [0.1, 0.15) is 5.56 Å². The Morgan fingerprint density at radius 3 is 2.71 bits per heavy atom. The van der Waals surface area contributed by atoms with Crippen molar-refractivity contribution >= 4 is 45.8 Å². The average Bonchev–Trinajstić information content (AvgIpc) is 3.06. The van der Waals surface area contributed by atoms with E-state index in [1.165, 1.54) is 6.33 Å². The summed E-state index contributed by atoms with van der Waals surface area (Å²) in [5.74, 6) is 1.19. The van der Waals surface area contributed by atoms with E-state index in [-0.39, 0.29) is 6.09 Å². The highest BCUT2D eigenvalue weighted by Gasteiger charge is 2.53. The molecule has 2 aromatic carbocycles. The zero-order chi connectivity index (χ0) is 21.8. The van der Waals surface area contributed by atoms with Crippen LogP contribution in [0.25, 0.3) is 10.9 Å². The average molecular weight is 440 g/mol. The van der Waals surface area contributed by atoms with Crippen LogP contribution in [0.15, 0.2) is 36.7 Å². The first-order valence-electron chi connectivity index (χ1n) is 9.92. The van der Waals surface area contributed by atoms with Gasteiger partial charge in [0.1, 0.15) is 17.9 Å². The van der Waals surface area contributed by atoms with Gasteiger partial charge in [0.15, 0.2) is 5.60 Å². The van der Waals surface area contributed by atoms with Crippen molar-refractivity contribution < 1.29 is 14.3 Å². The molecule has 3 aromatic rings. The molecule has 1 spiro atoms. The second-order valence-corrected chi connectivity index (χ2v) is 8.59. The molecule has 3 heterocycles. The van der Waals surface area contributed by atoms with Gasteiger partial charge in [-0.1, -0.05) is 11.6 Å². The number of methoxy groups -OCH3 is 1. The van der Waals surface area contributed by atoms with Crippen molar-refractivity contribution in [2.45, 2.75) is 12.5 Å². The summed E-state index contributed by atoms with van der Waals surface area (Å²) in [6, 6.07) is 9.31. The lowest BCUT2D eigenvalue weighted by atomic mass is 9.95. The third kappa shape index (κ3) is 3.41. The van der Waals surface area contributed by atoms with Crippen molar-refractivity contribution in [2.75, 3.05) is 44.0 Å². The van der Waals surface area contributed by atoms with E-state index in [0.717, 1.165) is 29.7 Å². The number of carbonyl (C=O) groups excluding carboxylic acids is 1. The maximum atomic E-state index is 12.7. The van der Waals surface area contributed by atoms with Crippen LogP contribution in [-0.2, 0) is 4.74 Å². The van der Waals surface area contributed by atoms with Gasteiger partial charge in [0, 0.05) is 35.3 Å². The van der Waals surface area contributed by atoms with Crippen molar-refractivity contribution in [1.29, 1.82) is 0 Å². The van der Waals surface area contributed by atoms with Crippen LogP contribution in [0.4, 0.5) is 22.0 Å². The summed E-state index contributed by atoms with van der Waals surface area (Å²) in [7, 11) is 3.59. The summed E-state index contributed by atoms with van der Waals surface area (Å²) in [6.45, 7) is 3.89. The summed E-state index contributed by atoms with van der Waals surface area (Å²) in [6.07, 6.45) is 1.13. The molecule has 1 N–H and O–H groups in total. The second kappa shape index (κ2) is 7.25. The standard InChI is InChI=1S/C22H22ClN5O3/c1-13-6-14(23)4-5-16(13)26-20-15-7-18(19(30-3)8-17(15)24-12-25-20)28-11-22(31-21(28)29)9-27(2)10-22/h4-8,12H,9-11H2,1-3H3,(H,24,25,26). The second-order valence-electron chi connectivity index (χ2n) is 8.16. The number of ether oxygens (including phenoxy) is 2. The zero-order valence-corrected chi connectivity index (χ0v) is 18.2. The first kappa shape index (κ1) is 19.8. The van der Waals surface area contributed by atoms with Gasteiger partial charge in [-0.05, 0) is 43.8 Å². The van der Waals surface area contributed by atoms with Crippen LogP contribution in [0.3, 0.4) is 0 Å². The number of rotatable bonds is 4. The molecule has 2 saturated heterocycles. The van der Waals surface area contributed by atoms with E-state index in [2.05, 4.69) is 20.2 Å². The quantitative estimate of drug-likeness (QED) is 0.658. The molecule has 0 aliphatic carbocycles.